The van der Waals surface area contributed by atoms with Gasteiger partial charge in [0.05, 0.1) is 12.0 Å². The Morgan fingerprint density at radius 3 is 2.72 bits per heavy atom. The zero-order valence-corrected chi connectivity index (χ0v) is 16.9. The van der Waals surface area contributed by atoms with Gasteiger partial charge in [0, 0.05) is 0 Å². The van der Waals surface area contributed by atoms with Crippen LogP contribution in [0.15, 0.2) is 70.7 Å². The van der Waals surface area contributed by atoms with Crippen LogP contribution in [0.2, 0.25) is 0 Å². The van der Waals surface area contributed by atoms with Gasteiger partial charge in [-0.3, -0.25) is 0 Å². The second-order valence-electron chi connectivity index (χ2n) is 6.44. The fraction of sp³-hybridized carbons (Fsp3) is 0.130. The highest BCUT2D eigenvalue weighted by Gasteiger charge is 2.24. The van der Waals surface area contributed by atoms with Gasteiger partial charge in [0.1, 0.15) is 6.61 Å². The first kappa shape index (κ1) is 19.0. The van der Waals surface area contributed by atoms with Gasteiger partial charge in [-0.2, -0.15) is 0 Å². The van der Waals surface area contributed by atoms with Crippen molar-refractivity contribution in [2.45, 2.75) is 13.5 Å². The fourth-order valence-electron chi connectivity index (χ4n) is 2.90. The number of hydrogen-bond acceptors (Lipinski definition) is 6. The molecule has 1 aliphatic rings. The molecule has 4 rings (SSSR count). The predicted octanol–water partition coefficient (Wildman–Crippen LogP) is 4.99. The number of hydrogen-bond donors (Lipinski definition) is 0. The lowest BCUT2D eigenvalue weighted by Crippen LogP contribution is -2.03. The highest BCUT2D eigenvalue weighted by Crippen LogP contribution is 2.31. The smallest absolute Gasteiger partial charge is 0.363 e. The average molecular weight is 405 g/mol. The van der Waals surface area contributed by atoms with E-state index >= 15 is 0 Å². The summed E-state index contributed by atoms with van der Waals surface area (Å²) in [6.45, 7) is 2.47. The Kier molecular flexibility index (Phi) is 5.44. The monoisotopic (exact) mass is 405 g/mol. The molecule has 2 heterocycles. The fourth-order valence-corrected chi connectivity index (χ4v) is 3.55. The van der Waals surface area contributed by atoms with Crippen molar-refractivity contribution >= 4 is 29.3 Å². The molecule has 0 N–H and O–H groups in total. The number of carbonyl (C=O) groups excluding carboxylic acids is 1. The minimum absolute atomic E-state index is 0.253. The van der Waals surface area contributed by atoms with E-state index < -0.39 is 5.97 Å². The van der Waals surface area contributed by atoms with E-state index in [0.29, 0.717) is 24.0 Å². The van der Waals surface area contributed by atoms with Crippen molar-refractivity contribution in [2.24, 2.45) is 4.99 Å². The molecule has 0 amide bonds. The first-order valence-electron chi connectivity index (χ1n) is 9.06. The molecular weight excluding hydrogens is 386 g/mol. The van der Waals surface area contributed by atoms with Crippen LogP contribution < -0.4 is 9.47 Å². The Labute approximate surface area is 172 Å². The summed E-state index contributed by atoms with van der Waals surface area (Å²) in [5.41, 5.74) is 3.29. The molecule has 0 atom stereocenters. The van der Waals surface area contributed by atoms with E-state index in [-0.39, 0.29) is 5.70 Å². The van der Waals surface area contributed by atoms with Gasteiger partial charge >= 0.3 is 5.97 Å². The van der Waals surface area contributed by atoms with E-state index in [1.165, 1.54) is 11.3 Å². The molecule has 0 unspecified atom stereocenters. The number of carbonyl (C=O) groups is 1. The van der Waals surface area contributed by atoms with Crippen molar-refractivity contribution in [1.29, 1.82) is 0 Å². The molecule has 0 spiro atoms. The van der Waals surface area contributed by atoms with Gasteiger partial charge in [0.15, 0.2) is 17.2 Å². The molecule has 1 aliphatic heterocycles. The van der Waals surface area contributed by atoms with Crippen LogP contribution in [-0.2, 0) is 16.1 Å². The maximum Gasteiger partial charge on any atom is 0.363 e. The van der Waals surface area contributed by atoms with Crippen LogP contribution in [-0.4, -0.2) is 19.0 Å². The number of nitrogens with zero attached hydrogens (tertiary/aromatic N) is 1. The molecule has 5 nitrogen and oxygen atoms in total. The first-order valence-corrected chi connectivity index (χ1v) is 9.94. The molecule has 0 saturated heterocycles. The third kappa shape index (κ3) is 4.22. The molecule has 0 aliphatic carbocycles. The highest BCUT2D eigenvalue weighted by atomic mass is 32.1. The molecule has 0 bridgehead atoms. The Balaban J connectivity index is 1.58. The van der Waals surface area contributed by atoms with Crippen LogP contribution in [0.25, 0.3) is 6.08 Å². The molecule has 0 radical (unpaired) electrons. The van der Waals surface area contributed by atoms with E-state index in [1.54, 1.807) is 13.2 Å². The molecule has 0 saturated carbocycles. The topological polar surface area (TPSA) is 57.1 Å². The van der Waals surface area contributed by atoms with Crippen molar-refractivity contribution in [3.8, 4) is 11.5 Å². The predicted molar refractivity (Wildman–Crippen MR) is 113 cm³/mol. The Morgan fingerprint density at radius 1 is 1.10 bits per heavy atom. The lowest BCUT2D eigenvalue weighted by atomic mass is 10.1. The third-order valence-corrected chi connectivity index (χ3v) is 5.35. The van der Waals surface area contributed by atoms with E-state index in [2.05, 4.69) is 4.99 Å². The minimum Gasteiger partial charge on any atom is -0.493 e. The van der Waals surface area contributed by atoms with Gasteiger partial charge in [-0.15, -0.1) is 11.3 Å². The second kappa shape index (κ2) is 8.32. The zero-order valence-electron chi connectivity index (χ0n) is 16.0. The summed E-state index contributed by atoms with van der Waals surface area (Å²) < 4.78 is 16.7. The summed E-state index contributed by atoms with van der Waals surface area (Å²) in [4.78, 5) is 17.3. The van der Waals surface area contributed by atoms with Gasteiger partial charge in [-0.25, -0.2) is 9.79 Å². The molecule has 146 valence electrons. The lowest BCUT2D eigenvalue weighted by Gasteiger charge is -2.12. The summed E-state index contributed by atoms with van der Waals surface area (Å²) in [6.07, 6.45) is 1.68. The molecule has 3 aromatic rings. The van der Waals surface area contributed by atoms with Crippen LogP contribution in [0.3, 0.4) is 0 Å². The number of aliphatic imine (C=N–C) groups is 1. The molecule has 6 heteroatoms. The van der Waals surface area contributed by atoms with Crippen molar-refractivity contribution in [3.05, 3.63) is 87.2 Å². The summed E-state index contributed by atoms with van der Waals surface area (Å²) >= 11 is 1.47. The Morgan fingerprint density at radius 2 is 1.97 bits per heavy atom. The van der Waals surface area contributed by atoms with Crippen LogP contribution in [0.1, 0.15) is 21.6 Å². The Hall–Kier alpha value is -3.38. The molecular formula is C23H19NO4S. The van der Waals surface area contributed by atoms with E-state index in [4.69, 9.17) is 14.2 Å². The van der Waals surface area contributed by atoms with E-state index in [9.17, 15) is 4.79 Å². The summed E-state index contributed by atoms with van der Waals surface area (Å²) in [5.74, 6) is 1.09. The second-order valence-corrected chi connectivity index (χ2v) is 7.39. The number of esters is 1. The number of benzene rings is 2. The number of cyclic esters (lactones) is 1. The van der Waals surface area contributed by atoms with Crippen molar-refractivity contribution < 1.29 is 19.0 Å². The van der Waals surface area contributed by atoms with Crippen molar-refractivity contribution in [3.63, 3.8) is 0 Å². The zero-order chi connectivity index (χ0) is 20.2. The first-order chi connectivity index (χ1) is 14.1. The standard InChI is InChI=1S/C23H19NO4S/c1-15-6-3-4-7-17(15)14-27-20-13-16(9-10-19(20)26-2)12-18-23(25)28-22(24-18)21-8-5-11-29-21/h3-13H,14H2,1-2H3. The van der Waals surface area contributed by atoms with Crippen LogP contribution in [0.4, 0.5) is 0 Å². The SMILES string of the molecule is COc1ccc(C=C2N=C(c3cccs3)OC2=O)cc1OCc1ccccc1C. The van der Waals surface area contributed by atoms with E-state index in [1.807, 2.05) is 66.9 Å². The largest absolute Gasteiger partial charge is 0.493 e. The third-order valence-electron chi connectivity index (χ3n) is 4.49. The quantitative estimate of drug-likeness (QED) is 0.428. The molecule has 1 aromatic heterocycles. The molecule has 29 heavy (non-hydrogen) atoms. The van der Waals surface area contributed by atoms with Crippen LogP contribution in [0, 0.1) is 6.92 Å². The minimum atomic E-state index is -0.466. The van der Waals surface area contributed by atoms with Gasteiger partial charge in [-0.05, 0) is 53.3 Å². The van der Waals surface area contributed by atoms with E-state index in [0.717, 1.165) is 21.6 Å². The molecule has 0 fully saturated rings. The summed E-state index contributed by atoms with van der Waals surface area (Å²) in [7, 11) is 1.60. The Bertz CT molecular complexity index is 1100. The average Bonchev–Trinajstić information content (AvgIpc) is 3.38. The number of rotatable bonds is 6. The number of aryl methyl sites for hydroxylation is 1. The van der Waals surface area contributed by atoms with Gasteiger partial charge in [0.25, 0.3) is 0 Å². The lowest BCUT2D eigenvalue weighted by molar-refractivity contribution is -0.129. The number of methoxy groups -OCH3 is 1. The van der Waals surface area contributed by atoms with Crippen molar-refractivity contribution in [2.75, 3.05) is 7.11 Å². The van der Waals surface area contributed by atoms with Crippen LogP contribution >= 0.6 is 11.3 Å². The maximum atomic E-state index is 12.2. The van der Waals surface area contributed by atoms with Crippen LogP contribution in [0.5, 0.6) is 11.5 Å². The number of thiophene rings is 1. The molecule has 2 aromatic carbocycles. The van der Waals surface area contributed by atoms with Gasteiger partial charge in [-0.1, -0.05) is 36.4 Å². The van der Waals surface area contributed by atoms with Gasteiger partial charge < -0.3 is 14.2 Å². The van der Waals surface area contributed by atoms with Crippen molar-refractivity contribution in [1.82, 2.24) is 0 Å². The maximum absolute atomic E-state index is 12.2. The normalized spacial score (nSPS) is 14.6. The van der Waals surface area contributed by atoms with Gasteiger partial charge in [0.2, 0.25) is 5.90 Å². The number of ether oxygens (including phenoxy) is 3. The summed E-state index contributed by atoms with van der Waals surface area (Å²) in [6, 6.07) is 17.3. The highest BCUT2D eigenvalue weighted by molar-refractivity contribution is 7.12. The summed E-state index contributed by atoms with van der Waals surface area (Å²) in [5, 5.41) is 1.91.